The fraction of sp³-hybridized carbons (Fsp3) is 0.0769. The highest BCUT2D eigenvalue weighted by Crippen LogP contribution is 2.54. The van der Waals surface area contributed by atoms with Gasteiger partial charge in [-0.05, 0) is 70.3 Å². The summed E-state index contributed by atoms with van der Waals surface area (Å²) in [6.07, 6.45) is 0. The Morgan fingerprint density at radius 1 is 0.512 bits per heavy atom. The van der Waals surface area contributed by atoms with E-state index < -0.39 is 0 Å². The van der Waals surface area contributed by atoms with Crippen LogP contribution in [0.3, 0.4) is 0 Å². The van der Waals surface area contributed by atoms with Gasteiger partial charge >= 0.3 is 0 Å². The summed E-state index contributed by atoms with van der Waals surface area (Å²) in [4.78, 5) is 2.36. The van der Waals surface area contributed by atoms with Crippen LogP contribution in [0.4, 0.5) is 17.1 Å². The minimum Gasteiger partial charge on any atom is -0.455 e. The average Bonchev–Trinajstić information content (AvgIpc) is 3.51. The Labute approximate surface area is 240 Å². The lowest BCUT2D eigenvalue weighted by Gasteiger charge is -2.28. The fourth-order valence-electron chi connectivity index (χ4n) is 6.61. The van der Waals surface area contributed by atoms with Gasteiger partial charge in [0.25, 0.3) is 0 Å². The first-order valence-corrected chi connectivity index (χ1v) is 14.2. The molecule has 0 unspecified atom stereocenters. The van der Waals surface area contributed by atoms with E-state index in [4.69, 9.17) is 4.42 Å². The molecule has 2 heteroatoms. The van der Waals surface area contributed by atoms with Crippen molar-refractivity contribution in [2.75, 3.05) is 4.90 Å². The summed E-state index contributed by atoms with van der Waals surface area (Å²) in [5, 5.41) is 2.34. The minimum atomic E-state index is -0.165. The largest absolute Gasteiger partial charge is 0.455 e. The topological polar surface area (TPSA) is 16.4 Å². The number of rotatable bonds is 4. The van der Waals surface area contributed by atoms with Crippen LogP contribution in [0, 0.1) is 0 Å². The zero-order chi connectivity index (χ0) is 27.6. The van der Waals surface area contributed by atoms with Crippen molar-refractivity contribution in [3.8, 4) is 22.3 Å². The molecule has 0 N–H and O–H groups in total. The number of hydrogen-bond acceptors (Lipinski definition) is 2. The van der Waals surface area contributed by atoms with E-state index in [0.717, 1.165) is 28.2 Å². The van der Waals surface area contributed by atoms with Gasteiger partial charge in [0.05, 0.1) is 0 Å². The Morgan fingerprint density at radius 2 is 1.20 bits per heavy atom. The first-order valence-electron chi connectivity index (χ1n) is 14.2. The van der Waals surface area contributed by atoms with E-state index in [0.29, 0.717) is 0 Å². The highest BCUT2D eigenvalue weighted by molar-refractivity contribution is 6.11. The van der Waals surface area contributed by atoms with Gasteiger partial charge in [-0.1, -0.05) is 111 Å². The standard InChI is InChI=1S/C39H29NO/c1-39(2)34-23-22-32-31-18-9-10-19-36(31)41-38(32)37(34)33-21-20-30(25-35(33)39)40(28-15-7-4-8-16-28)29-17-11-14-27(24-29)26-12-5-3-6-13-26/h3-25H,1-2H3. The van der Waals surface area contributed by atoms with Crippen LogP contribution in [0.5, 0.6) is 0 Å². The third kappa shape index (κ3) is 3.64. The maximum atomic E-state index is 6.51. The Balaban J connectivity index is 1.32. The highest BCUT2D eigenvalue weighted by atomic mass is 16.3. The predicted molar refractivity (Wildman–Crippen MR) is 171 cm³/mol. The quantitative estimate of drug-likeness (QED) is 0.226. The first kappa shape index (κ1) is 23.8. The Morgan fingerprint density at radius 3 is 2.02 bits per heavy atom. The van der Waals surface area contributed by atoms with Crippen molar-refractivity contribution in [1.82, 2.24) is 0 Å². The fourth-order valence-corrected chi connectivity index (χ4v) is 6.61. The molecule has 41 heavy (non-hydrogen) atoms. The third-order valence-corrected chi connectivity index (χ3v) is 8.65. The number of anilines is 3. The summed E-state index contributed by atoms with van der Waals surface area (Å²) in [6.45, 7) is 4.66. The van der Waals surface area contributed by atoms with E-state index in [9.17, 15) is 0 Å². The SMILES string of the molecule is CC1(C)c2cc(N(c3ccccc3)c3cccc(-c4ccccc4)c3)ccc2-c2c1ccc1c2oc2ccccc21. The van der Waals surface area contributed by atoms with Gasteiger partial charge in [-0.15, -0.1) is 0 Å². The van der Waals surface area contributed by atoms with E-state index in [1.54, 1.807) is 0 Å². The van der Waals surface area contributed by atoms with Crippen LogP contribution in [0.15, 0.2) is 144 Å². The number of nitrogens with zero attached hydrogens (tertiary/aromatic N) is 1. The minimum absolute atomic E-state index is 0.165. The number of hydrogen-bond donors (Lipinski definition) is 0. The van der Waals surface area contributed by atoms with Crippen molar-refractivity contribution in [3.63, 3.8) is 0 Å². The summed E-state index contributed by atoms with van der Waals surface area (Å²) in [7, 11) is 0. The zero-order valence-corrected chi connectivity index (χ0v) is 23.1. The molecule has 0 bridgehead atoms. The highest BCUT2D eigenvalue weighted by Gasteiger charge is 2.38. The van der Waals surface area contributed by atoms with Gasteiger partial charge in [-0.2, -0.15) is 0 Å². The summed E-state index contributed by atoms with van der Waals surface area (Å²) in [5.41, 5.74) is 12.7. The van der Waals surface area contributed by atoms with E-state index in [-0.39, 0.29) is 5.41 Å². The molecule has 7 aromatic rings. The molecule has 196 valence electrons. The van der Waals surface area contributed by atoms with Gasteiger partial charge in [-0.3, -0.25) is 0 Å². The van der Waals surface area contributed by atoms with Crippen LogP contribution in [-0.2, 0) is 5.41 Å². The Bertz CT molecular complexity index is 2070. The second-order valence-electron chi connectivity index (χ2n) is 11.4. The lowest BCUT2D eigenvalue weighted by Crippen LogP contribution is -2.16. The molecular weight excluding hydrogens is 498 g/mol. The smallest absolute Gasteiger partial charge is 0.143 e. The van der Waals surface area contributed by atoms with E-state index >= 15 is 0 Å². The van der Waals surface area contributed by atoms with Crippen LogP contribution in [0.25, 0.3) is 44.2 Å². The van der Waals surface area contributed by atoms with E-state index in [2.05, 4.69) is 152 Å². The number of benzene rings is 6. The van der Waals surface area contributed by atoms with Gasteiger partial charge in [0.15, 0.2) is 0 Å². The molecule has 0 spiro atoms. The summed E-state index contributed by atoms with van der Waals surface area (Å²) >= 11 is 0. The van der Waals surface area contributed by atoms with Crippen molar-refractivity contribution in [2.45, 2.75) is 19.3 Å². The summed E-state index contributed by atoms with van der Waals surface area (Å²) < 4.78 is 6.51. The molecule has 0 aliphatic heterocycles. The molecule has 1 heterocycles. The molecule has 0 amide bonds. The molecule has 0 fully saturated rings. The molecule has 0 radical (unpaired) electrons. The molecule has 2 nitrogen and oxygen atoms in total. The Kier molecular flexibility index (Phi) is 5.20. The van der Waals surface area contributed by atoms with Crippen LogP contribution in [-0.4, -0.2) is 0 Å². The van der Waals surface area contributed by atoms with E-state index in [1.807, 2.05) is 6.07 Å². The second-order valence-corrected chi connectivity index (χ2v) is 11.4. The summed E-state index contributed by atoms with van der Waals surface area (Å²) in [6, 6.07) is 49.9. The number of para-hydroxylation sites is 2. The van der Waals surface area contributed by atoms with Gasteiger partial charge in [0.1, 0.15) is 11.2 Å². The molecule has 1 aromatic heterocycles. The average molecular weight is 528 g/mol. The molecule has 6 aromatic carbocycles. The second kappa shape index (κ2) is 8.97. The van der Waals surface area contributed by atoms with Crippen LogP contribution in [0.1, 0.15) is 25.0 Å². The zero-order valence-electron chi connectivity index (χ0n) is 23.1. The van der Waals surface area contributed by atoms with Crippen molar-refractivity contribution >= 4 is 39.0 Å². The molecule has 0 saturated carbocycles. The predicted octanol–water partition coefficient (Wildman–Crippen LogP) is 11.0. The molecule has 1 aliphatic carbocycles. The van der Waals surface area contributed by atoms with Gasteiger partial charge in [0.2, 0.25) is 0 Å². The lowest BCUT2D eigenvalue weighted by molar-refractivity contribution is 0.653. The molecule has 0 saturated heterocycles. The number of furan rings is 1. The van der Waals surface area contributed by atoms with Crippen molar-refractivity contribution in [2.24, 2.45) is 0 Å². The molecule has 0 atom stereocenters. The van der Waals surface area contributed by atoms with Gasteiger partial charge in [-0.25, -0.2) is 0 Å². The monoisotopic (exact) mass is 527 g/mol. The maximum Gasteiger partial charge on any atom is 0.143 e. The van der Waals surface area contributed by atoms with E-state index in [1.165, 1.54) is 44.2 Å². The van der Waals surface area contributed by atoms with Crippen LogP contribution >= 0.6 is 0 Å². The van der Waals surface area contributed by atoms with Crippen LogP contribution in [0.2, 0.25) is 0 Å². The van der Waals surface area contributed by atoms with Crippen molar-refractivity contribution in [3.05, 3.63) is 151 Å². The molecule has 1 aliphatic rings. The first-order chi connectivity index (χ1) is 20.1. The number of fused-ring (bicyclic) bond motifs is 7. The third-order valence-electron chi connectivity index (χ3n) is 8.65. The van der Waals surface area contributed by atoms with Crippen LogP contribution < -0.4 is 4.90 Å². The normalized spacial score (nSPS) is 13.3. The Hall–Kier alpha value is -5.08. The van der Waals surface area contributed by atoms with Gasteiger partial charge in [0, 0.05) is 38.8 Å². The van der Waals surface area contributed by atoms with Crippen molar-refractivity contribution in [1.29, 1.82) is 0 Å². The summed E-state index contributed by atoms with van der Waals surface area (Å²) in [5.74, 6) is 0. The lowest BCUT2D eigenvalue weighted by atomic mass is 9.82. The maximum absolute atomic E-state index is 6.51. The van der Waals surface area contributed by atoms with Crippen molar-refractivity contribution < 1.29 is 4.42 Å². The van der Waals surface area contributed by atoms with Gasteiger partial charge < -0.3 is 9.32 Å². The molecular formula is C39H29NO. The molecule has 8 rings (SSSR count).